The predicted molar refractivity (Wildman–Crippen MR) is 67.8 cm³/mol. The van der Waals surface area contributed by atoms with Crippen molar-refractivity contribution >= 4 is 28.9 Å². The number of nitrogens with one attached hydrogen (secondary N) is 2. The van der Waals surface area contributed by atoms with E-state index in [-0.39, 0.29) is 28.3 Å². The molecule has 0 saturated carbocycles. The number of nitro groups is 1. The van der Waals surface area contributed by atoms with Crippen LogP contribution < -0.4 is 10.6 Å². The molecule has 18 heavy (non-hydrogen) atoms. The van der Waals surface area contributed by atoms with Gasteiger partial charge in [-0.15, -0.1) is 0 Å². The molecule has 1 heterocycles. The lowest BCUT2D eigenvalue weighted by Crippen LogP contribution is -2.35. The number of rotatable bonds is 3. The summed E-state index contributed by atoms with van der Waals surface area (Å²) in [6, 6.07) is 3.89. The fraction of sp³-hybridized carbons (Fsp3) is 0.364. The lowest BCUT2D eigenvalue weighted by Gasteiger charge is -2.11. The summed E-state index contributed by atoms with van der Waals surface area (Å²) in [5.74, 6) is -0.252. The van der Waals surface area contributed by atoms with Gasteiger partial charge in [-0.2, -0.15) is 0 Å². The molecule has 1 fully saturated rings. The van der Waals surface area contributed by atoms with Gasteiger partial charge in [-0.3, -0.25) is 14.9 Å². The van der Waals surface area contributed by atoms with Crippen LogP contribution in [0.15, 0.2) is 18.2 Å². The Hall–Kier alpha value is -1.66. The van der Waals surface area contributed by atoms with Gasteiger partial charge >= 0.3 is 0 Å². The first-order chi connectivity index (χ1) is 8.58. The van der Waals surface area contributed by atoms with Gasteiger partial charge in [-0.25, -0.2) is 0 Å². The summed E-state index contributed by atoms with van der Waals surface area (Å²) in [6.07, 6.45) is 1.67. The Labute approximate surface area is 108 Å². The highest BCUT2D eigenvalue weighted by molar-refractivity contribution is 6.31. The average molecular weight is 270 g/mol. The van der Waals surface area contributed by atoms with E-state index in [9.17, 15) is 14.9 Å². The largest absolute Gasteiger partial charge is 0.319 e. The summed E-state index contributed by atoms with van der Waals surface area (Å²) in [5.41, 5.74) is -0.0306. The Morgan fingerprint density at radius 2 is 2.33 bits per heavy atom. The highest BCUT2D eigenvalue weighted by atomic mass is 35.5. The summed E-state index contributed by atoms with van der Waals surface area (Å²) in [5, 5.41) is 16.7. The Morgan fingerprint density at radius 1 is 1.56 bits per heavy atom. The Morgan fingerprint density at radius 3 is 2.94 bits per heavy atom. The molecule has 1 aliphatic rings. The molecule has 96 valence electrons. The monoisotopic (exact) mass is 269 g/mol. The van der Waals surface area contributed by atoms with Crippen LogP contribution in [0.4, 0.5) is 11.4 Å². The SMILES string of the molecule is O=C(Nc1ccc(Cl)cc1[N+](=O)[O-])C1CCCN1. The maximum atomic E-state index is 11.8. The molecule has 1 saturated heterocycles. The molecule has 1 aromatic carbocycles. The number of benzene rings is 1. The molecule has 6 nitrogen and oxygen atoms in total. The lowest BCUT2D eigenvalue weighted by atomic mass is 10.2. The van der Waals surface area contributed by atoms with Gasteiger partial charge in [0.15, 0.2) is 0 Å². The molecule has 0 radical (unpaired) electrons. The van der Waals surface area contributed by atoms with Gasteiger partial charge < -0.3 is 10.6 Å². The van der Waals surface area contributed by atoms with E-state index < -0.39 is 4.92 Å². The molecule has 0 bridgehead atoms. The molecule has 1 unspecified atom stereocenters. The van der Waals surface area contributed by atoms with E-state index in [1.54, 1.807) is 0 Å². The van der Waals surface area contributed by atoms with Crippen molar-refractivity contribution in [3.63, 3.8) is 0 Å². The van der Waals surface area contributed by atoms with Gasteiger partial charge in [0, 0.05) is 11.1 Å². The molecule has 0 aliphatic carbocycles. The summed E-state index contributed by atoms with van der Waals surface area (Å²) >= 11 is 5.70. The number of carbonyl (C=O) groups is 1. The summed E-state index contributed by atoms with van der Waals surface area (Å²) in [7, 11) is 0. The number of carbonyl (C=O) groups excluding carboxylic acids is 1. The third-order valence-corrected chi connectivity index (χ3v) is 3.03. The summed E-state index contributed by atoms with van der Waals surface area (Å²) in [6.45, 7) is 0.792. The van der Waals surface area contributed by atoms with Crippen molar-refractivity contribution in [3.05, 3.63) is 33.3 Å². The maximum absolute atomic E-state index is 11.8. The maximum Gasteiger partial charge on any atom is 0.294 e. The van der Waals surface area contributed by atoms with Gasteiger partial charge in [0.2, 0.25) is 5.91 Å². The van der Waals surface area contributed by atoms with Crippen LogP contribution in [0.1, 0.15) is 12.8 Å². The molecule has 2 rings (SSSR count). The van der Waals surface area contributed by atoms with Crippen LogP contribution in [0, 0.1) is 10.1 Å². The molecule has 7 heteroatoms. The third-order valence-electron chi connectivity index (χ3n) is 2.79. The fourth-order valence-corrected chi connectivity index (χ4v) is 2.06. The van der Waals surface area contributed by atoms with Crippen LogP contribution in [0.2, 0.25) is 5.02 Å². The van der Waals surface area contributed by atoms with E-state index in [2.05, 4.69) is 10.6 Å². The average Bonchev–Trinajstić information content (AvgIpc) is 2.84. The molecular formula is C11H12ClN3O3. The zero-order valence-corrected chi connectivity index (χ0v) is 10.2. The predicted octanol–water partition coefficient (Wildman–Crippen LogP) is 1.94. The summed E-state index contributed by atoms with van der Waals surface area (Å²) in [4.78, 5) is 22.1. The Balaban J connectivity index is 2.17. The van der Waals surface area contributed by atoms with Gasteiger partial charge in [-0.05, 0) is 31.5 Å². The number of hydrogen-bond donors (Lipinski definition) is 2. The zero-order valence-electron chi connectivity index (χ0n) is 9.48. The van der Waals surface area contributed by atoms with Crippen molar-refractivity contribution in [2.45, 2.75) is 18.9 Å². The van der Waals surface area contributed by atoms with Crippen LogP contribution in [0.3, 0.4) is 0 Å². The number of hydrogen-bond acceptors (Lipinski definition) is 4. The van der Waals surface area contributed by atoms with Gasteiger partial charge in [0.05, 0.1) is 11.0 Å². The van der Waals surface area contributed by atoms with Crippen molar-refractivity contribution in [2.75, 3.05) is 11.9 Å². The third kappa shape index (κ3) is 2.77. The number of anilines is 1. The highest BCUT2D eigenvalue weighted by Crippen LogP contribution is 2.28. The smallest absolute Gasteiger partial charge is 0.294 e. The fourth-order valence-electron chi connectivity index (χ4n) is 1.89. The minimum atomic E-state index is -0.566. The minimum Gasteiger partial charge on any atom is -0.319 e. The van der Waals surface area contributed by atoms with Crippen molar-refractivity contribution in [2.24, 2.45) is 0 Å². The minimum absolute atomic E-state index is 0.170. The molecule has 2 N–H and O–H groups in total. The van der Waals surface area contributed by atoms with Crippen molar-refractivity contribution < 1.29 is 9.72 Å². The Kier molecular flexibility index (Phi) is 3.78. The van der Waals surface area contributed by atoms with Crippen LogP contribution in [0.5, 0.6) is 0 Å². The van der Waals surface area contributed by atoms with E-state index in [0.717, 1.165) is 19.4 Å². The molecular weight excluding hydrogens is 258 g/mol. The van der Waals surface area contributed by atoms with Crippen LogP contribution in [0.25, 0.3) is 0 Å². The quantitative estimate of drug-likeness (QED) is 0.649. The molecule has 1 amide bonds. The first-order valence-electron chi connectivity index (χ1n) is 5.56. The standard InChI is InChI=1S/C11H12ClN3O3/c12-7-3-4-8(10(6-7)15(17)18)14-11(16)9-2-1-5-13-9/h3-4,6,9,13H,1-2,5H2,(H,14,16). The first-order valence-corrected chi connectivity index (χ1v) is 5.94. The molecule has 0 spiro atoms. The number of amides is 1. The lowest BCUT2D eigenvalue weighted by molar-refractivity contribution is -0.383. The van der Waals surface area contributed by atoms with Crippen molar-refractivity contribution in [3.8, 4) is 0 Å². The van der Waals surface area contributed by atoms with Crippen LogP contribution in [-0.2, 0) is 4.79 Å². The van der Waals surface area contributed by atoms with E-state index in [1.807, 2.05) is 0 Å². The highest BCUT2D eigenvalue weighted by Gasteiger charge is 2.24. The number of nitro benzene ring substituents is 1. The normalized spacial score (nSPS) is 18.6. The van der Waals surface area contributed by atoms with Crippen molar-refractivity contribution in [1.82, 2.24) is 5.32 Å². The topological polar surface area (TPSA) is 84.3 Å². The first kappa shape index (κ1) is 12.8. The van der Waals surface area contributed by atoms with Gasteiger partial charge in [0.25, 0.3) is 5.69 Å². The van der Waals surface area contributed by atoms with Crippen molar-refractivity contribution in [1.29, 1.82) is 0 Å². The van der Waals surface area contributed by atoms with E-state index in [0.29, 0.717) is 0 Å². The molecule has 1 aromatic rings. The number of halogens is 1. The Bertz CT molecular complexity index is 486. The molecule has 0 aromatic heterocycles. The second-order valence-electron chi connectivity index (χ2n) is 4.06. The second kappa shape index (κ2) is 5.32. The summed E-state index contributed by atoms with van der Waals surface area (Å²) < 4.78 is 0. The zero-order chi connectivity index (χ0) is 13.1. The second-order valence-corrected chi connectivity index (χ2v) is 4.49. The number of nitrogens with zero attached hydrogens (tertiary/aromatic N) is 1. The molecule has 1 atom stereocenters. The van der Waals surface area contributed by atoms with E-state index in [1.165, 1.54) is 18.2 Å². The van der Waals surface area contributed by atoms with E-state index >= 15 is 0 Å². The van der Waals surface area contributed by atoms with Crippen LogP contribution in [-0.4, -0.2) is 23.4 Å². The molecule has 1 aliphatic heterocycles. The van der Waals surface area contributed by atoms with Crippen LogP contribution >= 0.6 is 11.6 Å². The van der Waals surface area contributed by atoms with Gasteiger partial charge in [-0.1, -0.05) is 11.6 Å². The van der Waals surface area contributed by atoms with Gasteiger partial charge in [0.1, 0.15) is 5.69 Å². The van der Waals surface area contributed by atoms with E-state index in [4.69, 9.17) is 11.6 Å².